The minimum Gasteiger partial charge on any atom is -0.300 e. The average molecular weight is 379 g/mol. The van der Waals surface area contributed by atoms with Crippen LogP contribution in [0.15, 0.2) is 73.2 Å². The van der Waals surface area contributed by atoms with Crippen LogP contribution in [-0.4, -0.2) is 20.5 Å². The van der Waals surface area contributed by atoms with E-state index in [0.29, 0.717) is 22.4 Å². The van der Waals surface area contributed by atoms with Crippen LogP contribution in [0.4, 0.5) is 8.78 Å². The summed E-state index contributed by atoms with van der Waals surface area (Å²) in [6.45, 7) is 8.76. The van der Waals surface area contributed by atoms with Crippen molar-refractivity contribution in [1.82, 2.24) is 14.8 Å². The molecule has 2 aromatic rings. The smallest absolute Gasteiger partial charge is 0.213 e. The summed E-state index contributed by atoms with van der Waals surface area (Å²) in [5.74, 6) is -1.23. The summed E-state index contributed by atoms with van der Waals surface area (Å²) in [6, 6.07) is 5.95. The molecular weight excluding hydrogens is 360 g/mol. The van der Waals surface area contributed by atoms with Crippen LogP contribution in [0.25, 0.3) is 17.8 Å². The maximum atomic E-state index is 13.2. The van der Waals surface area contributed by atoms with Gasteiger partial charge in [-0.3, -0.25) is 10.8 Å². The van der Waals surface area contributed by atoms with Crippen molar-refractivity contribution in [3.8, 4) is 0 Å². The highest BCUT2D eigenvalue weighted by Crippen LogP contribution is 2.16. The number of halogens is 2. The zero-order valence-electron chi connectivity index (χ0n) is 15.3. The van der Waals surface area contributed by atoms with E-state index in [9.17, 15) is 8.78 Å². The third kappa shape index (κ3) is 5.38. The topological polar surface area (TPSA) is 78.4 Å². The van der Waals surface area contributed by atoms with Gasteiger partial charge in [0.2, 0.25) is 5.95 Å². The summed E-state index contributed by atoms with van der Waals surface area (Å²) in [5.41, 5.74) is 1.85. The lowest BCUT2D eigenvalue weighted by atomic mass is 10.0. The van der Waals surface area contributed by atoms with Crippen molar-refractivity contribution in [2.24, 2.45) is 0 Å². The van der Waals surface area contributed by atoms with Crippen LogP contribution in [0.1, 0.15) is 18.2 Å². The highest BCUT2D eigenvalue weighted by Gasteiger charge is 2.11. The summed E-state index contributed by atoms with van der Waals surface area (Å²) < 4.78 is 27.3. The molecule has 0 fully saturated rings. The first-order valence-electron chi connectivity index (χ1n) is 8.23. The van der Waals surface area contributed by atoms with Crippen LogP contribution < -0.4 is 5.49 Å². The van der Waals surface area contributed by atoms with Crippen LogP contribution >= 0.6 is 0 Å². The van der Waals surface area contributed by atoms with Crippen LogP contribution in [-0.2, 0) is 0 Å². The Morgan fingerprint density at radius 2 is 1.96 bits per heavy atom. The second-order valence-corrected chi connectivity index (χ2v) is 5.65. The van der Waals surface area contributed by atoms with Crippen molar-refractivity contribution < 1.29 is 8.78 Å². The first kappa shape index (κ1) is 20.6. The Bertz CT molecular complexity index is 1070. The fourth-order valence-electron chi connectivity index (χ4n) is 2.20. The maximum absolute atomic E-state index is 13.2. The SMILES string of the molecule is C=C(F)/C=C\C(=CC)C(=N)C(=C)c1ccc(=N)n(/C=C/c2ccnc(F)c2)n1. The molecular formula is C21H19F2N5. The van der Waals surface area contributed by atoms with Crippen molar-refractivity contribution in [3.05, 3.63) is 95.9 Å². The summed E-state index contributed by atoms with van der Waals surface area (Å²) >= 11 is 0. The van der Waals surface area contributed by atoms with Crippen molar-refractivity contribution >= 4 is 23.6 Å². The predicted molar refractivity (Wildman–Crippen MR) is 107 cm³/mol. The van der Waals surface area contributed by atoms with Crippen molar-refractivity contribution in [2.75, 3.05) is 0 Å². The van der Waals surface area contributed by atoms with Gasteiger partial charge in [-0.15, -0.1) is 0 Å². The van der Waals surface area contributed by atoms with Crippen molar-refractivity contribution in [2.45, 2.75) is 6.92 Å². The molecule has 0 atom stereocenters. The van der Waals surface area contributed by atoms with Gasteiger partial charge in [-0.25, -0.2) is 14.1 Å². The summed E-state index contributed by atoms with van der Waals surface area (Å²) in [5, 5.41) is 20.5. The molecule has 0 amide bonds. The zero-order valence-corrected chi connectivity index (χ0v) is 15.3. The Morgan fingerprint density at radius 3 is 2.61 bits per heavy atom. The molecule has 0 saturated carbocycles. The molecule has 2 rings (SSSR count). The van der Waals surface area contributed by atoms with E-state index in [1.165, 1.54) is 35.3 Å². The van der Waals surface area contributed by atoms with Crippen molar-refractivity contribution in [3.63, 3.8) is 0 Å². The summed E-state index contributed by atoms with van der Waals surface area (Å²) in [6.07, 6.45) is 8.67. The normalized spacial score (nSPS) is 11.9. The van der Waals surface area contributed by atoms with Crippen LogP contribution in [0.5, 0.6) is 0 Å². The van der Waals surface area contributed by atoms with E-state index in [2.05, 4.69) is 23.2 Å². The number of rotatable bonds is 7. The highest BCUT2D eigenvalue weighted by atomic mass is 19.1. The Kier molecular flexibility index (Phi) is 6.81. The molecule has 0 bridgehead atoms. The highest BCUT2D eigenvalue weighted by molar-refractivity contribution is 6.30. The van der Waals surface area contributed by atoms with Gasteiger partial charge in [0, 0.05) is 24.0 Å². The molecule has 28 heavy (non-hydrogen) atoms. The lowest BCUT2D eigenvalue weighted by Gasteiger charge is -2.10. The Labute approximate surface area is 161 Å². The molecule has 0 aliphatic carbocycles. The molecule has 2 aromatic heterocycles. The van der Waals surface area contributed by atoms with E-state index in [1.807, 2.05) is 0 Å². The molecule has 142 valence electrons. The number of pyridine rings is 1. The molecule has 0 aromatic carbocycles. The monoisotopic (exact) mass is 379 g/mol. The van der Waals surface area contributed by atoms with Gasteiger partial charge in [-0.1, -0.05) is 25.3 Å². The van der Waals surface area contributed by atoms with Crippen LogP contribution in [0.3, 0.4) is 0 Å². The number of aromatic nitrogens is 3. The Morgan fingerprint density at radius 1 is 1.21 bits per heavy atom. The quantitative estimate of drug-likeness (QED) is 0.421. The van der Waals surface area contributed by atoms with Crippen LogP contribution in [0, 0.1) is 16.8 Å². The first-order valence-corrected chi connectivity index (χ1v) is 8.23. The van der Waals surface area contributed by atoms with Gasteiger partial charge in [0.05, 0.1) is 11.4 Å². The van der Waals surface area contributed by atoms with Gasteiger partial charge >= 0.3 is 0 Å². The lowest BCUT2D eigenvalue weighted by molar-refractivity contribution is 0.583. The van der Waals surface area contributed by atoms with Gasteiger partial charge in [0.1, 0.15) is 11.3 Å². The maximum Gasteiger partial charge on any atom is 0.213 e. The fourth-order valence-corrected chi connectivity index (χ4v) is 2.20. The molecule has 0 spiro atoms. The lowest BCUT2D eigenvalue weighted by Crippen LogP contribution is -2.19. The molecule has 7 heteroatoms. The average Bonchev–Trinajstić information content (AvgIpc) is 2.67. The first-order chi connectivity index (χ1) is 13.3. The minimum atomic E-state index is -0.620. The fraction of sp³-hybridized carbons (Fsp3) is 0.0476. The largest absolute Gasteiger partial charge is 0.300 e. The number of hydrogen-bond acceptors (Lipinski definition) is 4. The van der Waals surface area contributed by atoms with Crippen LogP contribution in [0.2, 0.25) is 0 Å². The molecule has 0 aliphatic rings. The molecule has 5 nitrogen and oxygen atoms in total. The number of allylic oxidation sites excluding steroid dienone is 6. The minimum absolute atomic E-state index is 0.0666. The molecule has 0 aliphatic heterocycles. The van der Waals surface area contributed by atoms with Gasteiger partial charge in [-0.2, -0.15) is 9.49 Å². The number of nitrogens with zero attached hydrogens (tertiary/aromatic N) is 3. The second kappa shape index (κ2) is 9.27. The van der Waals surface area contributed by atoms with E-state index in [-0.39, 0.29) is 11.2 Å². The third-order valence-corrected chi connectivity index (χ3v) is 3.67. The molecule has 2 heterocycles. The third-order valence-electron chi connectivity index (χ3n) is 3.67. The van der Waals surface area contributed by atoms with E-state index < -0.39 is 11.8 Å². The Balaban J connectivity index is 2.31. The van der Waals surface area contributed by atoms with Gasteiger partial charge in [0.15, 0.2) is 0 Å². The molecule has 0 saturated heterocycles. The number of hydrogen-bond donors (Lipinski definition) is 2. The van der Waals surface area contributed by atoms with E-state index in [4.69, 9.17) is 10.8 Å². The number of nitrogens with one attached hydrogen (secondary N) is 2. The molecule has 0 unspecified atom stereocenters. The molecule has 2 N–H and O–H groups in total. The second-order valence-electron chi connectivity index (χ2n) is 5.65. The standard InChI is InChI=1S/C21H19F2N5/c1-4-17(6-5-14(2)22)21(25)15(3)18-7-8-20(24)28(27-18)12-10-16-9-11-26-19(23)13-16/h4-13,24-25H,2-3H2,1H3/b6-5-,12-10+,17-4?,24-20?,25-21?. The molecule has 0 radical (unpaired) electrons. The van der Waals surface area contributed by atoms with Gasteiger partial charge < -0.3 is 0 Å². The Hall–Kier alpha value is -3.74. The predicted octanol–water partition coefficient (Wildman–Crippen LogP) is 4.54. The van der Waals surface area contributed by atoms with E-state index in [0.717, 1.165) is 6.08 Å². The summed E-state index contributed by atoms with van der Waals surface area (Å²) in [4.78, 5) is 3.48. The van der Waals surface area contributed by atoms with Crippen molar-refractivity contribution in [1.29, 1.82) is 10.8 Å². The van der Waals surface area contributed by atoms with E-state index >= 15 is 0 Å². The van der Waals surface area contributed by atoms with Gasteiger partial charge in [-0.05, 0) is 48.4 Å². The zero-order chi connectivity index (χ0) is 20.7. The summed E-state index contributed by atoms with van der Waals surface area (Å²) in [7, 11) is 0. The van der Waals surface area contributed by atoms with E-state index in [1.54, 1.807) is 31.2 Å². The van der Waals surface area contributed by atoms with Gasteiger partial charge in [0.25, 0.3) is 0 Å².